The van der Waals surface area contributed by atoms with Gasteiger partial charge in [-0.05, 0) is 63.2 Å². The summed E-state index contributed by atoms with van der Waals surface area (Å²) < 4.78 is 12.7. The number of fused-ring (bicyclic) bond motifs is 4. The Morgan fingerprint density at radius 3 is 2.16 bits per heavy atom. The fourth-order valence-electron chi connectivity index (χ4n) is 6.57. The summed E-state index contributed by atoms with van der Waals surface area (Å²) in [4.78, 5) is 9.20. The van der Waals surface area contributed by atoms with E-state index in [4.69, 9.17) is 14.5 Å². The van der Waals surface area contributed by atoms with Crippen molar-refractivity contribution in [3.05, 3.63) is 163 Å². The van der Waals surface area contributed by atoms with Crippen molar-refractivity contribution in [2.45, 2.75) is 33.1 Å². The van der Waals surface area contributed by atoms with Crippen LogP contribution >= 0.6 is 0 Å². The van der Waals surface area contributed by atoms with E-state index >= 15 is 0 Å². The minimum atomic E-state index is 0. The van der Waals surface area contributed by atoms with Gasteiger partial charge in [-0.3, -0.25) is 0 Å². The Hall–Kier alpha value is -5.29. The molecule has 0 atom stereocenters. The summed E-state index contributed by atoms with van der Waals surface area (Å²) >= 11 is 0. The predicted molar refractivity (Wildman–Crippen MR) is 204 cm³/mol. The standard InChI is InChI=1S/C29H17BNO2.C16H18N.Ir/c1-2-8-19(9-3-1)20-16-17-31-24(18-20)21-10-6-12-23-29(21)33-27-15-7-14-26-28(27)30(23)22-11-4-5-13-25(22)32-26;1-12-5-7-13(8-6-12)15-10-9-14(11-17-15)16(2,3)4;/h1-9,11-18H;5-7,9-11H,1-4H3;/q2*-1;. The summed E-state index contributed by atoms with van der Waals surface area (Å²) in [5, 5.41) is 0. The third kappa shape index (κ3) is 6.78. The van der Waals surface area contributed by atoms with Crippen LogP contribution in [0.25, 0.3) is 33.6 Å². The maximum Gasteiger partial charge on any atom is 0.241 e. The zero-order valence-corrected chi connectivity index (χ0v) is 31.3. The van der Waals surface area contributed by atoms with Gasteiger partial charge in [-0.15, -0.1) is 59.1 Å². The number of hydrogen-bond acceptors (Lipinski definition) is 4. The Morgan fingerprint density at radius 2 is 1.41 bits per heavy atom. The minimum Gasteiger partial charge on any atom is -0.503 e. The molecule has 0 N–H and O–H groups in total. The van der Waals surface area contributed by atoms with Crippen LogP contribution in [0.3, 0.4) is 0 Å². The van der Waals surface area contributed by atoms with Crippen molar-refractivity contribution in [3.8, 4) is 56.6 Å². The van der Waals surface area contributed by atoms with Gasteiger partial charge in [0.2, 0.25) is 6.71 Å². The molecule has 0 spiro atoms. The molecule has 9 rings (SSSR count). The van der Waals surface area contributed by atoms with Crippen molar-refractivity contribution in [1.29, 1.82) is 0 Å². The van der Waals surface area contributed by atoms with Gasteiger partial charge >= 0.3 is 0 Å². The van der Waals surface area contributed by atoms with Crippen LogP contribution in [-0.4, -0.2) is 16.7 Å². The van der Waals surface area contributed by atoms with Gasteiger partial charge in [-0.25, -0.2) is 0 Å². The molecule has 0 fully saturated rings. The quantitative estimate of drug-likeness (QED) is 0.132. The summed E-state index contributed by atoms with van der Waals surface area (Å²) in [5.74, 6) is 3.36. The molecule has 2 aliphatic rings. The van der Waals surface area contributed by atoms with Gasteiger partial charge in [0.15, 0.2) is 0 Å². The van der Waals surface area contributed by atoms with E-state index in [0.717, 1.165) is 73.0 Å². The first kappa shape index (κ1) is 34.2. The van der Waals surface area contributed by atoms with Crippen LogP contribution in [0, 0.1) is 19.1 Å². The van der Waals surface area contributed by atoms with Crippen molar-refractivity contribution in [1.82, 2.24) is 9.97 Å². The summed E-state index contributed by atoms with van der Waals surface area (Å²) in [6.07, 6.45) is 3.81. The first-order valence-electron chi connectivity index (χ1n) is 16.9. The zero-order chi connectivity index (χ0) is 34.2. The molecule has 4 nitrogen and oxygen atoms in total. The van der Waals surface area contributed by atoms with Crippen LogP contribution in [-0.2, 0) is 25.5 Å². The van der Waals surface area contributed by atoms with Crippen molar-refractivity contribution >= 4 is 23.1 Å². The normalized spacial score (nSPS) is 12.0. The number of aromatic nitrogens is 2. The maximum absolute atomic E-state index is 6.52. The van der Waals surface area contributed by atoms with Crippen LogP contribution in [0.4, 0.5) is 0 Å². The monoisotopic (exact) mass is 839 g/mol. The molecule has 0 amide bonds. The third-order valence-electron chi connectivity index (χ3n) is 9.26. The molecule has 6 heteroatoms. The number of ether oxygens (including phenoxy) is 2. The molecule has 0 aliphatic carbocycles. The van der Waals surface area contributed by atoms with Crippen molar-refractivity contribution < 1.29 is 29.6 Å². The molecule has 4 heterocycles. The number of pyridine rings is 2. The Kier molecular flexibility index (Phi) is 9.48. The van der Waals surface area contributed by atoms with E-state index in [1.54, 1.807) is 0 Å². The summed E-state index contributed by atoms with van der Waals surface area (Å²) in [7, 11) is 0. The van der Waals surface area contributed by atoms with E-state index in [-0.39, 0.29) is 32.2 Å². The third-order valence-corrected chi connectivity index (χ3v) is 9.26. The molecule has 2 aliphatic heterocycles. The first-order chi connectivity index (χ1) is 24.3. The van der Waals surface area contributed by atoms with E-state index in [1.165, 1.54) is 11.1 Å². The number of aryl methyl sites for hydroxylation is 1. The number of nitrogens with zero attached hydrogens (tertiary/aromatic N) is 2. The van der Waals surface area contributed by atoms with Crippen LogP contribution in [0.2, 0.25) is 0 Å². The fourth-order valence-corrected chi connectivity index (χ4v) is 6.57. The van der Waals surface area contributed by atoms with Gasteiger partial charge in [0, 0.05) is 43.7 Å². The predicted octanol–water partition coefficient (Wildman–Crippen LogP) is 9.10. The average Bonchev–Trinajstić information content (AvgIpc) is 3.15. The van der Waals surface area contributed by atoms with Gasteiger partial charge in [0.05, 0.1) is 0 Å². The number of rotatable bonds is 3. The van der Waals surface area contributed by atoms with E-state index < -0.39 is 0 Å². The van der Waals surface area contributed by atoms with Gasteiger partial charge in [-0.1, -0.05) is 106 Å². The molecule has 0 unspecified atom stereocenters. The molecule has 2 aromatic heterocycles. The van der Waals surface area contributed by atoms with Gasteiger partial charge in [0.25, 0.3) is 0 Å². The molecular formula is C45H35BIrN2O2-2. The van der Waals surface area contributed by atoms with Gasteiger partial charge < -0.3 is 19.4 Å². The molecule has 7 aromatic rings. The number of para-hydroxylation sites is 1. The van der Waals surface area contributed by atoms with E-state index in [9.17, 15) is 0 Å². The molecular weight excluding hydrogens is 804 g/mol. The van der Waals surface area contributed by atoms with Gasteiger partial charge in [-0.2, -0.15) is 0 Å². The fraction of sp³-hybridized carbons (Fsp3) is 0.111. The van der Waals surface area contributed by atoms with Crippen molar-refractivity contribution in [2.24, 2.45) is 0 Å². The van der Waals surface area contributed by atoms with Crippen molar-refractivity contribution in [3.63, 3.8) is 0 Å². The Labute approximate surface area is 314 Å². The van der Waals surface area contributed by atoms with Crippen molar-refractivity contribution in [2.75, 3.05) is 0 Å². The molecule has 51 heavy (non-hydrogen) atoms. The zero-order valence-electron chi connectivity index (χ0n) is 28.9. The first-order valence-corrected chi connectivity index (χ1v) is 16.9. The second-order valence-corrected chi connectivity index (χ2v) is 13.7. The second kappa shape index (κ2) is 14.1. The second-order valence-electron chi connectivity index (χ2n) is 13.7. The molecule has 5 aromatic carbocycles. The average molecular weight is 839 g/mol. The smallest absolute Gasteiger partial charge is 0.241 e. The molecule has 0 bridgehead atoms. The minimum absolute atomic E-state index is 0. The Morgan fingerprint density at radius 1 is 0.647 bits per heavy atom. The molecule has 1 radical (unpaired) electrons. The van der Waals surface area contributed by atoms with E-state index in [0.29, 0.717) is 0 Å². The van der Waals surface area contributed by atoms with Crippen LogP contribution in [0.5, 0.6) is 23.0 Å². The van der Waals surface area contributed by atoms with E-state index in [1.807, 2.05) is 79.1 Å². The maximum atomic E-state index is 6.52. The number of hydrogen-bond donors (Lipinski definition) is 0. The Balaban J connectivity index is 0.000000192. The summed E-state index contributed by atoms with van der Waals surface area (Å²) in [6, 6.07) is 49.8. The topological polar surface area (TPSA) is 44.2 Å². The van der Waals surface area contributed by atoms with Crippen LogP contribution < -0.4 is 25.9 Å². The number of benzene rings is 5. The molecule has 0 saturated heterocycles. The largest absolute Gasteiger partial charge is 0.503 e. The van der Waals surface area contributed by atoms with Crippen LogP contribution in [0.15, 0.2) is 140 Å². The van der Waals surface area contributed by atoms with E-state index in [2.05, 4.69) is 105 Å². The molecule has 251 valence electrons. The summed E-state index contributed by atoms with van der Waals surface area (Å²) in [6.45, 7) is 8.69. The van der Waals surface area contributed by atoms with Crippen LogP contribution in [0.1, 0.15) is 31.9 Å². The molecule has 0 saturated carbocycles. The SMILES string of the molecule is Cc1c[c-]c(-c2ccc(C(C)(C)C)cn2)cc1.[Ir].[c-]1ccc2c(c1-c1cc(-c3ccccc3)ccn1)Oc1cccc3c1B2c1ccccc1O3. The van der Waals surface area contributed by atoms with Gasteiger partial charge in [0.1, 0.15) is 17.2 Å². The Bertz CT molecular complexity index is 2320. The summed E-state index contributed by atoms with van der Waals surface area (Å²) in [5.41, 5.74) is 12.0.